The van der Waals surface area contributed by atoms with E-state index in [1.165, 1.54) is 19.3 Å². The summed E-state index contributed by atoms with van der Waals surface area (Å²) < 4.78 is 6.39. The van der Waals surface area contributed by atoms with Crippen LogP contribution in [0.4, 0.5) is 0 Å². The number of hydrogen-bond acceptors (Lipinski definition) is 5. The van der Waals surface area contributed by atoms with Crippen molar-refractivity contribution in [3.05, 3.63) is 0 Å². The highest BCUT2D eigenvalue weighted by atomic mass is 28.4. The summed E-state index contributed by atoms with van der Waals surface area (Å²) in [6, 6.07) is 0. The number of hydrogen-bond donors (Lipinski definition) is 2. The Bertz CT molecular complexity index is 483. The van der Waals surface area contributed by atoms with Crippen LogP contribution in [0.2, 0.25) is 18.1 Å². The molecule has 1 heterocycles. The highest BCUT2D eigenvalue weighted by molar-refractivity contribution is 6.74. The molecule has 6 heteroatoms. The standard InChI is InChI=1S/C20H39NO4Si/c1-14(25-26(5,6)20(2,3)4)16-12-19(24-21-16)18(23)13-17(22)15-10-8-7-9-11-15/h14-15,17-19,22-23H,7-13H2,1-6H3/t14-,17+,18+,19+/m0/s1. The van der Waals surface area contributed by atoms with Gasteiger partial charge in [-0.15, -0.1) is 0 Å². The summed E-state index contributed by atoms with van der Waals surface area (Å²) in [5, 5.41) is 25.3. The van der Waals surface area contributed by atoms with Crippen molar-refractivity contribution in [2.75, 3.05) is 0 Å². The molecule has 0 aromatic carbocycles. The Hall–Kier alpha value is -0.433. The maximum atomic E-state index is 10.5. The topological polar surface area (TPSA) is 71.3 Å². The van der Waals surface area contributed by atoms with Crippen LogP contribution >= 0.6 is 0 Å². The van der Waals surface area contributed by atoms with Crippen LogP contribution in [-0.4, -0.2) is 48.7 Å². The van der Waals surface area contributed by atoms with Gasteiger partial charge in [-0.2, -0.15) is 0 Å². The number of rotatable bonds is 7. The molecule has 2 aliphatic rings. The highest BCUT2D eigenvalue weighted by Crippen LogP contribution is 2.38. The molecular weight excluding hydrogens is 346 g/mol. The summed E-state index contributed by atoms with van der Waals surface area (Å²) in [6.45, 7) is 13.1. The van der Waals surface area contributed by atoms with E-state index in [0.29, 0.717) is 18.8 Å². The van der Waals surface area contributed by atoms with Crippen LogP contribution in [0.3, 0.4) is 0 Å². The molecule has 1 aliphatic carbocycles. The molecule has 152 valence electrons. The molecule has 5 nitrogen and oxygen atoms in total. The molecular formula is C20H39NO4Si. The Morgan fingerprint density at radius 3 is 2.35 bits per heavy atom. The van der Waals surface area contributed by atoms with E-state index in [4.69, 9.17) is 9.26 Å². The lowest BCUT2D eigenvalue weighted by Crippen LogP contribution is -2.45. The maximum Gasteiger partial charge on any atom is 0.192 e. The number of aliphatic hydroxyl groups is 2. The van der Waals surface area contributed by atoms with Crippen molar-refractivity contribution in [3.63, 3.8) is 0 Å². The third-order valence-corrected chi connectivity index (χ3v) is 11.1. The first-order valence-electron chi connectivity index (χ1n) is 10.3. The fourth-order valence-corrected chi connectivity index (χ4v) is 5.03. The van der Waals surface area contributed by atoms with Crippen molar-refractivity contribution < 1.29 is 19.5 Å². The van der Waals surface area contributed by atoms with Gasteiger partial charge in [0.2, 0.25) is 0 Å². The van der Waals surface area contributed by atoms with Crippen LogP contribution in [0.1, 0.15) is 72.6 Å². The summed E-state index contributed by atoms with van der Waals surface area (Å²) in [4.78, 5) is 5.50. The first kappa shape index (κ1) is 21.9. The summed E-state index contributed by atoms with van der Waals surface area (Å²) in [5.41, 5.74) is 0.867. The van der Waals surface area contributed by atoms with Gasteiger partial charge in [0.15, 0.2) is 14.4 Å². The van der Waals surface area contributed by atoms with Gasteiger partial charge in [-0.1, -0.05) is 45.2 Å². The highest BCUT2D eigenvalue weighted by Gasteiger charge is 2.41. The molecule has 0 aromatic rings. The van der Waals surface area contributed by atoms with Gasteiger partial charge in [-0.25, -0.2) is 0 Å². The monoisotopic (exact) mass is 385 g/mol. The van der Waals surface area contributed by atoms with Crippen molar-refractivity contribution in [1.82, 2.24) is 0 Å². The third kappa shape index (κ3) is 5.53. The Labute approximate surface area is 160 Å². The molecule has 0 spiro atoms. The molecule has 1 aliphatic heterocycles. The smallest absolute Gasteiger partial charge is 0.192 e. The van der Waals surface area contributed by atoms with Crippen molar-refractivity contribution in [3.8, 4) is 0 Å². The normalized spacial score (nSPS) is 26.2. The zero-order chi connectivity index (χ0) is 19.5. The minimum Gasteiger partial charge on any atom is -0.409 e. The lowest BCUT2D eigenvalue weighted by Gasteiger charge is -2.38. The van der Waals surface area contributed by atoms with E-state index in [1.807, 2.05) is 6.92 Å². The van der Waals surface area contributed by atoms with Gasteiger partial charge in [0.05, 0.1) is 24.0 Å². The zero-order valence-electron chi connectivity index (χ0n) is 17.5. The van der Waals surface area contributed by atoms with Gasteiger partial charge in [-0.3, -0.25) is 0 Å². The van der Waals surface area contributed by atoms with Gasteiger partial charge >= 0.3 is 0 Å². The molecule has 26 heavy (non-hydrogen) atoms. The minimum atomic E-state index is -1.87. The second-order valence-corrected chi connectivity index (χ2v) is 14.5. The van der Waals surface area contributed by atoms with E-state index in [1.54, 1.807) is 0 Å². The summed E-state index contributed by atoms with van der Waals surface area (Å²) in [5.74, 6) is 0.320. The lowest BCUT2D eigenvalue weighted by molar-refractivity contribution is -0.0496. The molecule has 1 fully saturated rings. The van der Waals surface area contributed by atoms with Crippen LogP contribution in [0, 0.1) is 5.92 Å². The average molecular weight is 386 g/mol. The quantitative estimate of drug-likeness (QED) is 0.643. The van der Waals surface area contributed by atoms with Crippen LogP contribution in [0.25, 0.3) is 0 Å². The number of aliphatic hydroxyl groups excluding tert-OH is 2. The van der Waals surface area contributed by atoms with Crippen molar-refractivity contribution in [2.24, 2.45) is 11.1 Å². The van der Waals surface area contributed by atoms with E-state index in [9.17, 15) is 10.2 Å². The van der Waals surface area contributed by atoms with E-state index in [2.05, 4.69) is 39.0 Å². The largest absolute Gasteiger partial charge is 0.409 e. The second-order valence-electron chi connectivity index (χ2n) is 9.72. The molecule has 0 aromatic heterocycles. The van der Waals surface area contributed by atoms with Gasteiger partial charge in [-0.05, 0) is 43.8 Å². The molecule has 4 atom stereocenters. The lowest BCUT2D eigenvalue weighted by atomic mass is 9.83. The molecule has 1 saturated carbocycles. The van der Waals surface area contributed by atoms with Crippen LogP contribution in [-0.2, 0) is 9.26 Å². The molecule has 0 bridgehead atoms. The molecule has 2 rings (SSSR count). The zero-order valence-corrected chi connectivity index (χ0v) is 18.5. The van der Waals surface area contributed by atoms with E-state index < -0.39 is 20.5 Å². The van der Waals surface area contributed by atoms with Crippen molar-refractivity contribution >= 4 is 14.0 Å². The van der Waals surface area contributed by atoms with Crippen LogP contribution < -0.4 is 0 Å². The summed E-state index contributed by atoms with van der Waals surface area (Å²) >= 11 is 0. The number of nitrogens with zero attached hydrogens (tertiary/aromatic N) is 1. The molecule has 0 amide bonds. The predicted molar refractivity (Wildman–Crippen MR) is 108 cm³/mol. The second kappa shape index (κ2) is 8.72. The number of oxime groups is 1. The first-order chi connectivity index (χ1) is 12.0. The van der Waals surface area contributed by atoms with Crippen molar-refractivity contribution in [1.29, 1.82) is 0 Å². The molecule has 2 N–H and O–H groups in total. The van der Waals surface area contributed by atoms with Gasteiger partial charge in [0.1, 0.15) is 0 Å². The first-order valence-corrected chi connectivity index (χ1v) is 13.2. The molecule has 0 unspecified atom stereocenters. The SMILES string of the molecule is C[C@H](O[Si](C)(C)C(C)(C)C)C1=NO[C@@H]([C@H](O)C[C@@H](O)C2CCCCC2)C1. The van der Waals surface area contributed by atoms with Crippen LogP contribution in [0.15, 0.2) is 5.16 Å². The Kier molecular flexibility index (Phi) is 7.33. The van der Waals surface area contributed by atoms with E-state index >= 15 is 0 Å². The minimum absolute atomic E-state index is 0.101. The van der Waals surface area contributed by atoms with Gasteiger partial charge < -0.3 is 19.5 Å². The molecule has 0 saturated heterocycles. The third-order valence-electron chi connectivity index (χ3n) is 6.57. The van der Waals surface area contributed by atoms with E-state index in [-0.39, 0.29) is 17.2 Å². The van der Waals surface area contributed by atoms with Gasteiger partial charge in [0.25, 0.3) is 0 Å². The Balaban J connectivity index is 1.82. The Morgan fingerprint density at radius 2 is 1.77 bits per heavy atom. The fraction of sp³-hybridized carbons (Fsp3) is 0.950. The predicted octanol–water partition coefficient (Wildman–Crippen LogP) is 4.23. The summed E-state index contributed by atoms with van der Waals surface area (Å²) in [7, 11) is -1.87. The van der Waals surface area contributed by atoms with Crippen molar-refractivity contribution in [2.45, 2.75) is 115 Å². The average Bonchev–Trinajstić information content (AvgIpc) is 3.04. The van der Waals surface area contributed by atoms with Crippen LogP contribution in [0.5, 0.6) is 0 Å². The van der Waals surface area contributed by atoms with Gasteiger partial charge in [0, 0.05) is 12.8 Å². The summed E-state index contributed by atoms with van der Waals surface area (Å²) in [6.07, 6.45) is 5.12. The molecule has 0 radical (unpaired) electrons. The van der Waals surface area contributed by atoms with E-state index in [0.717, 1.165) is 18.6 Å². The Morgan fingerprint density at radius 1 is 1.15 bits per heavy atom. The maximum absolute atomic E-state index is 10.5. The fourth-order valence-electron chi connectivity index (χ4n) is 3.66.